The molecular formula is C18H16FNO4S. The Morgan fingerprint density at radius 2 is 1.96 bits per heavy atom. The average Bonchev–Trinajstić information content (AvgIpc) is 2.60. The van der Waals surface area contributed by atoms with Crippen molar-refractivity contribution in [2.24, 2.45) is 0 Å². The summed E-state index contributed by atoms with van der Waals surface area (Å²) in [7, 11) is 1.52. The maximum absolute atomic E-state index is 12.9. The van der Waals surface area contributed by atoms with Gasteiger partial charge in [0.2, 0.25) is 5.91 Å². The van der Waals surface area contributed by atoms with Gasteiger partial charge in [0.1, 0.15) is 11.6 Å². The van der Waals surface area contributed by atoms with Gasteiger partial charge in [-0.1, -0.05) is 18.2 Å². The molecule has 2 rings (SSSR count). The zero-order valence-electron chi connectivity index (χ0n) is 13.4. The number of carboxylic acid groups (broad SMARTS) is 1. The van der Waals surface area contributed by atoms with Gasteiger partial charge in [-0.2, -0.15) is 0 Å². The number of amides is 1. The van der Waals surface area contributed by atoms with E-state index in [1.807, 2.05) is 0 Å². The van der Waals surface area contributed by atoms with Crippen LogP contribution in [0.1, 0.15) is 5.56 Å². The maximum Gasteiger partial charge on any atom is 0.342 e. The van der Waals surface area contributed by atoms with Gasteiger partial charge in [-0.05, 0) is 35.9 Å². The Kier molecular flexibility index (Phi) is 6.59. The predicted octanol–water partition coefficient (Wildman–Crippen LogP) is 3.63. The molecule has 5 nitrogen and oxygen atoms in total. The molecule has 0 bridgehead atoms. The fraction of sp³-hybridized carbons (Fsp3) is 0.111. The highest BCUT2D eigenvalue weighted by molar-refractivity contribution is 8.04. The van der Waals surface area contributed by atoms with E-state index in [1.165, 1.54) is 37.5 Å². The van der Waals surface area contributed by atoms with E-state index >= 15 is 0 Å². The molecule has 0 unspecified atom stereocenters. The number of anilines is 1. The minimum absolute atomic E-state index is 0.00704. The van der Waals surface area contributed by atoms with Crippen molar-refractivity contribution in [3.63, 3.8) is 0 Å². The summed E-state index contributed by atoms with van der Waals surface area (Å²) in [5.74, 6) is -1.36. The highest BCUT2D eigenvalue weighted by Crippen LogP contribution is 2.21. The average molecular weight is 361 g/mol. The first-order chi connectivity index (χ1) is 12.0. The second-order valence-corrected chi connectivity index (χ2v) is 5.95. The Morgan fingerprint density at radius 1 is 1.24 bits per heavy atom. The van der Waals surface area contributed by atoms with Gasteiger partial charge in [0, 0.05) is 11.8 Å². The van der Waals surface area contributed by atoms with Crippen molar-refractivity contribution < 1.29 is 23.8 Å². The Morgan fingerprint density at radius 3 is 2.60 bits per heavy atom. The van der Waals surface area contributed by atoms with Crippen LogP contribution in [-0.2, 0) is 9.59 Å². The van der Waals surface area contributed by atoms with Crippen LogP contribution in [0.15, 0.2) is 53.4 Å². The number of methoxy groups -OCH3 is 1. The summed E-state index contributed by atoms with van der Waals surface area (Å²) < 4.78 is 18.0. The summed E-state index contributed by atoms with van der Waals surface area (Å²) in [4.78, 5) is 23.3. The van der Waals surface area contributed by atoms with E-state index in [0.717, 1.165) is 11.8 Å². The number of halogens is 1. The second kappa shape index (κ2) is 8.89. The van der Waals surface area contributed by atoms with Gasteiger partial charge in [-0.15, -0.1) is 11.8 Å². The first-order valence-corrected chi connectivity index (χ1v) is 8.24. The van der Waals surface area contributed by atoms with Crippen LogP contribution in [0.5, 0.6) is 5.75 Å². The molecule has 0 fully saturated rings. The highest BCUT2D eigenvalue weighted by Gasteiger charge is 2.12. The zero-order chi connectivity index (χ0) is 18.2. The Balaban J connectivity index is 1.99. The Labute approximate surface area is 148 Å². The minimum Gasteiger partial charge on any atom is -0.497 e. The van der Waals surface area contributed by atoms with Crippen LogP contribution in [0.3, 0.4) is 0 Å². The largest absolute Gasteiger partial charge is 0.497 e. The van der Waals surface area contributed by atoms with Gasteiger partial charge in [0.15, 0.2) is 0 Å². The molecule has 0 aliphatic carbocycles. The second-order valence-electron chi connectivity index (χ2n) is 4.93. The van der Waals surface area contributed by atoms with Gasteiger partial charge in [-0.3, -0.25) is 4.79 Å². The van der Waals surface area contributed by atoms with Crippen LogP contribution < -0.4 is 10.1 Å². The van der Waals surface area contributed by atoms with Crippen molar-refractivity contribution in [3.05, 3.63) is 64.8 Å². The summed E-state index contributed by atoms with van der Waals surface area (Å²) >= 11 is 0.891. The van der Waals surface area contributed by atoms with Crippen molar-refractivity contribution in [1.82, 2.24) is 0 Å². The lowest BCUT2D eigenvalue weighted by Gasteiger charge is -2.07. The predicted molar refractivity (Wildman–Crippen MR) is 96.1 cm³/mol. The van der Waals surface area contributed by atoms with Crippen molar-refractivity contribution in [3.8, 4) is 5.75 Å². The van der Waals surface area contributed by atoms with E-state index < -0.39 is 11.8 Å². The van der Waals surface area contributed by atoms with Gasteiger partial charge < -0.3 is 15.2 Å². The summed E-state index contributed by atoms with van der Waals surface area (Å²) in [5.41, 5.74) is 1.10. The van der Waals surface area contributed by atoms with E-state index in [1.54, 1.807) is 24.3 Å². The van der Waals surface area contributed by atoms with Crippen molar-refractivity contribution in [1.29, 1.82) is 0 Å². The molecule has 0 spiro atoms. The molecule has 0 radical (unpaired) electrons. The number of ether oxygens (including phenoxy) is 1. The SMILES string of the molecule is COc1cccc(NC(=O)CS/C(=C/c2ccc(F)cc2)C(=O)O)c1. The van der Waals surface area contributed by atoms with Gasteiger partial charge in [-0.25, -0.2) is 9.18 Å². The summed E-state index contributed by atoms with van der Waals surface area (Å²) in [6.45, 7) is 0. The summed E-state index contributed by atoms with van der Waals surface area (Å²) in [6, 6.07) is 12.3. The number of carbonyl (C=O) groups excluding carboxylic acids is 1. The molecule has 130 valence electrons. The van der Waals surface area contributed by atoms with Gasteiger partial charge in [0.25, 0.3) is 0 Å². The zero-order valence-corrected chi connectivity index (χ0v) is 14.2. The maximum atomic E-state index is 12.9. The molecule has 0 aromatic heterocycles. The van der Waals surface area contributed by atoms with E-state index in [4.69, 9.17) is 4.74 Å². The van der Waals surface area contributed by atoms with Gasteiger partial charge >= 0.3 is 5.97 Å². The number of thioether (sulfide) groups is 1. The topological polar surface area (TPSA) is 75.6 Å². The normalized spacial score (nSPS) is 11.0. The molecule has 0 aliphatic heterocycles. The van der Waals surface area contributed by atoms with E-state index in [-0.39, 0.29) is 16.6 Å². The standard InChI is InChI=1S/C18H16FNO4S/c1-24-15-4-2-3-14(10-15)20-17(21)11-25-16(18(22)23)9-12-5-7-13(19)8-6-12/h2-10H,11H2,1H3,(H,20,21)(H,22,23)/b16-9+. The third-order valence-electron chi connectivity index (χ3n) is 3.09. The summed E-state index contributed by atoms with van der Waals surface area (Å²) in [6.07, 6.45) is 1.39. The number of carboxylic acids is 1. The quantitative estimate of drug-likeness (QED) is 0.737. The number of rotatable bonds is 7. The lowest BCUT2D eigenvalue weighted by atomic mass is 10.2. The van der Waals surface area contributed by atoms with Crippen LogP contribution >= 0.6 is 11.8 Å². The Hall–Kier alpha value is -2.80. The molecule has 7 heteroatoms. The van der Waals surface area contributed by atoms with Crippen molar-refractivity contribution in [2.75, 3.05) is 18.2 Å². The first kappa shape index (κ1) is 18.5. The number of hydrogen-bond acceptors (Lipinski definition) is 4. The number of nitrogens with one attached hydrogen (secondary N) is 1. The molecule has 0 atom stereocenters. The molecule has 0 saturated heterocycles. The molecule has 2 aromatic carbocycles. The monoisotopic (exact) mass is 361 g/mol. The van der Waals surface area contributed by atoms with E-state index in [9.17, 15) is 19.1 Å². The van der Waals surface area contributed by atoms with Crippen LogP contribution in [0, 0.1) is 5.82 Å². The summed E-state index contributed by atoms with van der Waals surface area (Å²) in [5, 5.41) is 11.9. The number of hydrogen-bond donors (Lipinski definition) is 2. The molecule has 2 N–H and O–H groups in total. The van der Waals surface area contributed by atoms with Gasteiger partial charge in [0.05, 0.1) is 17.8 Å². The molecule has 25 heavy (non-hydrogen) atoms. The molecule has 0 aliphatic rings. The molecule has 1 amide bonds. The third-order valence-corrected chi connectivity index (χ3v) is 4.10. The smallest absolute Gasteiger partial charge is 0.342 e. The third kappa shape index (κ3) is 5.96. The fourth-order valence-electron chi connectivity index (χ4n) is 1.92. The first-order valence-electron chi connectivity index (χ1n) is 7.25. The number of benzene rings is 2. The van der Waals surface area contributed by atoms with E-state index in [0.29, 0.717) is 17.0 Å². The highest BCUT2D eigenvalue weighted by atomic mass is 32.2. The van der Waals surface area contributed by atoms with Crippen LogP contribution in [0.2, 0.25) is 0 Å². The molecule has 2 aromatic rings. The molecule has 0 heterocycles. The minimum atomic E-state index is -1.15. The van der Waals surface area contributed by atoms with E-state index in [2.05, 4.69) is 5.32 Å². The Bertz CT molecular complexity index is 790. The molecule has 0 saturated carbocycles. The van der Waals surface area contributed by atoms with Crippen LogP contribution in [0.25, 0.3) is 6.08 Å². The van der Waals surface area contributed by atoms with Crippen LogP contribution in [0.4, 0.5) is 10.1 Å². The molecular weight excluding hydrogens is 345 g/mol. The van der Waals surface area contributed by atoms with Crippen molar-refractivity contribution >= 4 is 35.4 Å². The van der Waals surface area contributed by atoms with Crippen molar-refractivity contribution in [2.45, 2.75) is 0 Å². The fourth-order valence-corrected chi connectivity index (χ4v) is 2.62. The lowest BCUT2D eigenvalue weighted by molar-refractivity contribution is -0.131. The van der Waals surface area contributed by atoms with Crippen LogP contribution in [-0.4, -0.2) is 29.8 Å². The number of carbonyl (C=O) groups is 2. The lowest BCUT2D eigenvalue weighted by Crippen LogP contribution is -2.15. The number of aliphatic carboxylic acids is 1.